The van der Waals surface area contributed by atoms with Gasteiger partial charge in [-0.3, -0.25) is 23.6 Å². The van der Waals surface area contributed by atoms with Gasteiger partial charge in [0.05, 0.1) is 12.2 Å². The van der Waals surface area contributed by atoms with Crippen LogP contribution in [0, 0.1) is 22.2 Å². The predicted octanol–water partition coefficient (Wildman–Crippen LogP) is 7.51. The summed E-state index contributed by atoms with van der Waals surface area (Å²) >= 11 is 0.603. The van der Waals surface area contributed by atoms with Crippen LogP contribution in [0.2, 0.25) is 0 Å². The maximum atomic E-state index is 12.3. The topological polar surface area (TPSA) is 122 Å². The van der Waals surface area contributed by atoms with Gasteiger partial charge >= 0.3 is 29.6 Å². The van der Waals surface area contributed by atoms with Gasteiger partial charge in [0, 0.05) is 41.9 Å². The minimum Gasteiger partial charge on any atom is -0.691 e. The molecule has 0 saturated heterocycles. The number of fused-ring (bicyclic) bond motifs is 15. The molecule has 0 spiro atoms. The average molecular weight is 1040 g/mol. The van der Waals surface area contributed by atoms with Gasteiger partial charge in [0.2, 0.25) is 0 Å². The molecule has 0 amide bonds. The number of halogens is 1. The second-order valence-corrected chi connectivity index (χ2v) is 22.5. The molecule has 0 heterocycles. The van der Waals surface area contributed by atoms with Crippen LogP contribution in [0.25, 0.3) is 0 Å². The third-order valence-corrected chi connectivity index (χ3v) is 19.2. The summed E-state index contributed by atoms with van der Waals surface area (Å²) < 4.78 is 9.64. The van der Waals surface area contributed by atoms with E-state index in [9.17, 15) is 24.7 Å². The molecule has 6 unspecified atom stereocenters. The van der Waals surface area contributed by atoms with Gasteiger partial charge in [0.1, 0.15) is 17.3 Å². The standard InChI is InChI=1S/C19H24O.C18H22O5S.C18H22O2.HI.Na/c1-12-3-5-14-13(11-12)4-6-16-15(14)9-10-19(2)17(16)7-8-18(19)20;1-18-9-8-14-13-5-3-12(21-24-23-22-20)10-11(13)2-4-15(14)16(18)6-7-17(18)19;1-18-9-8-14-13-5-3-12(19)10-11(13)2-4-15(14)16(18)6-7-17(18)20;;/h4,6,12,17H,3,5,7-11H2,1-2H3;2,4,12,16,20H,3,5-10H2,1H3;2,4,12,16,19H,3,5-10H2,1H3;1H;/q;;;;+1/p-1/t12-,17?,19?;2*12-,16?,18?;;/m000../s1. The maximum absolute atomic E-state index is 12.3. The monoisotopic (exact) mass is 1040 g/mol. The van der Waals surface area contributed by atoms with Gasteiger partial charge in [-0.05, 0) is 200 Å². The molecule has 3 aromatic carbocycles. The van der Waals surface area contributed by atoms with Crippen molar-refractivity contribution < 1.29 is 67.9 Å². The SMILES string of the molecule is CC12CCc3c(ccc4c3CC[C@H](O)C4)C1CCC2=O.CC12CCc3c(ccc4c3CC[C@H](OSOO[O-])C4)C1CCC2=O.C[C@H]1CCc2c(ccc3c2CCC2(C)C(=O)CCC32)C1.I.[Na+]. The number of hydrogen-bond acceptors (Lipinski definition) is 9. The first-order valence-corrected chi connectivity index (χ1v) is 25.5. The second kappa shape index (κ2) is 20.3. The molecule has 0 aromatic heterocycles. The fourth-order valence-electron chi connectivity index (χ4n) is 14.8. The number of benzene rings is 3. The molecule has 350 valence electrons. The third-order valence-electron chi connectivity index (χ3n) is 18.7. The van der Waals surface area contributed by atoms with Crippen molar-refractivity contribution in [2.24, 2.45) is 22.2 Å². The van der Waals surface area contributed by atoms with E-state index < -0.39 is 0 Å². The summed E-state index contributed by atoms with van der Waals surface area (Å²) in [4.78, 5) is 36.8. The fourth-order valence-corrected chi connectivity index (χ4v) is 15.1. The Bertz CT molecular complexity index is 2260. The van der Waals surface area contributed by atoms with Gasteiger partial charge in [-0.2, -0.15) is 0 Å². The smallest absolute Gasteiger partial charge is 0.691 e. The molecule has 3 aromatic rings. The Morgan fingerprint density at radius 2 is 0.955 bits per heavy atom. The molecule has 3 fully saturated rings. The summed E-state index contributed by atoms with van der Waals surface area (Å²) in [6.07, 6.45) is 20.8. The van der Waals surface area contributed by atoms with Gasteiger partial charge in [-0.25, -0.2) is 0 Å². The van der Waals surface area contributed by atoms with E-state index in [1.54, 1.807) is 16.7 Å². The summed E-state index contributed by atoms with van der Waals surface area (Å²) in [5.74, 6) is 3.61. The summed E-state index contributed by atoms with van der Waals surface area (Å²) in [5, 5.41) is 23.0. The van der Waals surface area contributed by atoms with Crippen LogP contribution in [0.4, 0.5) is 0 Å². The fraction of sp³-hybridized carbons (Fsp3) is 0.618. The minimum atomic E-state index is -0.164. The van der Waals surface area contributed by atoms with Crippen LogP contribution >= 0.6 is 36.3 Å². The van der Waals surface area contributed by atoms with Crippen molar-refractivity contribution in [2.75, 3.05) is 0 Å². The van der Waals surface area contributed by atoms with Crippen LogP contribution in [0.1, 0.15) is 189 Å². The zero-order valence-corrected chi connectivity index (χ0v) is 45.0. The van der Waals surface area contributed by atoms with Crippen molar-refractivity contribution in [2.45, 2.75) is 192 Å². The molecule has 3 saturated carbocycles. The Hall–Kier alpha value is -1.45. The van der Waals surface area contributed by atoms with Crippen LogP contribution in [0.3, 0.4) is 0 Å². The zero-order chi connectivity index (χ0) is 44.5. The van der Waals surface area contributed by atoms with Crippen molar-refractivity contribution in [3.8, 4) is 0 Å². The molecule has 0 bridgehead atoms. The van der Waals surface area contributed by atoms with Gasteiger partial charge < -0.3 is 10.4 Å². The number of carbonyl (C=O) groups is 3. The Morgan fingerprint density at radius 3 is 1.41 bits per heavy atom. The summed E-state index contributed by atoms with van der Waals surface area (Å²) in [7, 11) is 0. The molecule has 0 aliphatic heterocycles. The van der Waals surface area contributed by atoms with Crippen molar-refractivity contribution in [3.05, 3.63) is 103 Å². The first kappa shape index (κ1) is 50.9. The molecule has 9 aliphatic rings. The van der Waals surface area contributed by atoms with Crippen LogP contribution in [-0.2, 0) is 85.7 Å². The van der Waals surface area contributed by atoms with E-state index in [0.717, 1.165) is 121 Å². The van der Waals surface area contributed by atoms with Crippen molar-refractivity contribution in [3.63, 3.8) is 0 Å². The first-order chi connectivity index (χ1) is 30.8. The first-order valence-electron chi connectivity index (χ1n) is 24.8. The van der Waals surface area contributed by atoms with Crippen LogP contribution in [0.15, 0.2) is 36.4 Å². The zero-order valence-electron chi connectivity index (χ0n) is 39.9. The molecule has 9 aliphatic carbocycles. The van der Waals surface area contributed by atoms with Crippen molar-refractivity contribution >= 4 is 53.7 Å². The van der Waals surface area contributed by atoms with Gasteiger partial charge in [0.25, 0.3) is 0 Å². The average Bonchev–Trinajstić information content (AvgIpc) is 3.90. The van der Waals surface area contributed by atoms with E-state index in [4.69, 9.17) is 4.18 Å². The van der Waals surface area contributed by atoms with Crippen molar-refractivity contribution in [1.29, 1.82) is 0 Å². The van der Waals surface area contributed by atoms with Crippen LogP contribution in [0.5, 0.6) is 0 Å². The minimum absolute atomic E-state index is 0. The van der Waals surface area contributed by atoms with Crippen LogP contribution in [-0.4, -0.2) is 34.7 Å². The second-order valence-electron chi connectivity index (χ2n) is 22.0. The van der Waals surface area contributed by atoms with Gasteiger partial charge in [-0.15, -0.1) is 28.3 Å². The molecule has 1 N–H and O–H groups in total. The number of hydrogen-bond donors (Lipinski definition) is 1. The predicted molar refractivity (Wildman–Crippen MR) is 261 cm³/mol. The number of Topliss-reactive ketones (excluding diaryl/α,β-unsaturated/α-hetero) is 3. The molecular formula is C55H68INaO8S. The Labute approximate surface area is 435 Å². The molecule has 9 atom stereocenters. The Morgan fingerprint density at radius 1 is 0.545 bits per heavy atom. The largest absolute Gasteiger partial charge is 1.00 e. The molecule has 11 heteroatoms. The molecule has 12 rings (SSSR count). The molecule has 66 heavy (non-hydrogen) atoms. The number of ketones is 3. The van der Waals surface area contributed by atoms with Crippen LogP contribution < -0.4 is 34.8 Å². The number of carbonyl (C=O) groups excluding carboxylic acids is 3. The number of rotatable bonds is 4. The van der Waals surface area contributed by atoms with E-state index in [2.05, 4.69) is 73.5 Å². The molecule has 0 radical (unpaired) electrons. The molecular weight excluding hydrogens is 971 g/mol. The Kier molecular flexibility index (Phi) is 15.7. The quantitative estimate of drug-likeness (QED) is 0.0707. The van der Waals surface area contributed by atoms with Gasteiger partial charge in [-0.1, -0.05) is 64.1 Å². The summed E-state index contributed by atoms with van der Waals surface area (Å²) in [6, 6.07) is 13.7. The van der Waals surface area contributed by atoms with E-state index in [1.165, 1.54) is 69.3 Å². The van der Waals surface area contributed by atoms with E-state index in [0.29, 0.717) is 47.4 Å². The van der Waals surface area contributed by atoms with Gasteiger partial charge in [0.15, 0.2) is 12.3 Å². The Balaban J connectivity index is 0.000000133. The summed E-state index contributed by atoms with van der Waals surface area (Å²) in [6.45, 7) is 8.93. The maximum Gasteiger partial charge on any atom is 1.00 e. The normalized spacial score (nSPS) is 32.9. The van der Waals surface area contributed by atoms with E-state index in [-0.39, 0.29) is 82.0 Å². The number of aliphatic hydroxyl groups excluding tert-OH is 1. The van der Waals surface area contributed by atoms with Crippen molar-refractivity contribution in [1.82, 2.24) is 0 Å². The summed E-state index contributed by atoms with van der Waals surface area (Å²) in [5.41, 5.74) is 17.6. The number of aliphatic hydroxyl groups is 1. The van der Waals surface area contributed by atoms with E-state index >= 15 is 0 Å². The van der Waals surface area contributed by atoms with E-state index in [1.807, 2.05) is 0 Å². The third kappa shape index (κ3) is 8.97. The molecule has 8 nitrogen and oxygen atoms in total.